The number of benzene rings is 3. The molecule has 0 radical (unpaired) electrons. The number of pyridine rings is 3. The number of carbonyl (C=O) groups is 3. The summed E-state index contributed by atoms with van der Waals surface area (Å²) in [6.45, 7) is 9.94. The second kappa shape index (κ2) is 37.3. The van der Waals surface area contributed by atoms with Crippen molar-refractivity contribution in [3.8, 4) is 34.5 Å². The van der Waals surface area contributed by atoms with Gasteiger partial charge in [-0.2, -0.15) is 0 Å². The van der Waals surface area contributed by atoms with E-state index in [2.05, 4.69) is 95.7 Å². The number of anilines is 6. The highest BCUT2D eigenvalue weighted by Gasteiger charge is 2.51. The van der Waals surface area contributed by atoms with Gasteiger partial charge in [0.1, 0.15) is 34.9 Å². The van der Waals surface area contributed by atoms with Crippen LogP contribution in [-0.4, -0.2) is 147 Å². The zero-order chi connectivity index (χ0) is 82.6. The quantitative estimate of drug-likeness (QED) is 0.0269. The average molecular weight is 1740 g/mol. The van der Waals surface area contributed by atoms with Gasteiger partial charge in [-0.1, -0.05) is 52.3 Å². The van der Waals surface area contributed by atoms with Crippen LogP contribution in [0, 0.1) is 33.7 Å². The maximum Gasteiger partial charge on any atom is 0.586 e. The molecule has 6 aromatic heterocycles. The van der Waals surface area contributed by atoms with Crippen molar-refractivity contribution < 1.29 is 102 Å². The van der Waals surface area contributed by atoms with Crippen molar-refractivity contribution in [1.82, 2.24) is 45.0 Å². The Morgan fingerprint density at radius 2 is 0.897 bits per heavy atom. The maximum atomic E-state index is 14.8. The Kier molecular flexibility index (Phi) is 27.5. The lowest BCUT2D eigenvalue weighted by Gasteiger charge is -2.44. The summed E-state index contributed by atoms with van der Waals surface area (Å²) in [6, 6.07) is 22.5. The number of hydrogen-bond donors (Lipinski definition) is 5. The molecule has 4 fully saturated rings. The van der Waals surface area contributed by atoms with Gasteiger partial charge in [0.15, 0.2) is 49.9 Å². The Morgan fingerprint density at radius 3 is 1.24 bits per heavy atom. The molecule has 25 nitrogen and oxygen atoms in total. The van der Waals surface area contributed by atoms with Crippen LogP contribution >= 0.6 is 49.9 Å². The summed E-state index contributed by atoms with van der Waals surface area (Å²) in [5, 5.41) is 30.4. The van der Waals surface area contributed by atoms with Gasteiger partial charge in [0.2, 0.25) is 0 Å². The lowest BCUT2D eigenvalue weighted by atomic mass is 9.72. The second-order valence-corrected chi connectivity index (χ2v) is 31.7. The number of esters is 2. The van der Waals surface area contributed by atoms with Crippen LogP contribution in [0.1, 0.15) is 106 Å². The second-order valence-electron chi connectivity index (χ2n) is 28.5. The number of para-hydroxylation sites is 3. The van der Waals surface area contributed by atoms with Crippen LogP contribution in [0.25, 0.3) is 0 Å². The average Bonchev–Trinajstić information content (AvgIpc) is 1.49. The summed E-state index contributed by atoms with van der Waals surface area (Å²) < 4.78 is 166. The number of hydrogen-bond acceptors (Lipinski definition) is 27. The van der Waals surface area contributed by atoms with E-state index in [0.29, 0.717) is 107 Å². The Balaban J connectivity index is 0.000000146. The first-order valence-electron chi connectivity index (χ1n) is 36.8. The highest BCUT2D eigenvalue weighted by atomic mass is 79.9. The largest absolute Gasteiger partial charge is 0.586 e. The Labute approximate surface area is 681 Å². The number of carbonyl (C=O) groups excluding carboxylic acids is 2. The summed E-state index contributed by atoms with van der Waals surface area (Å²) in [5.41, 5.74) is -0.773. The lowest BCUT2D eigenvalue weighted by Crippen LogP contribution is -2.50. The van der Waals surface area contributed by atoms with E-state index in [1.165, 1.54) is 110 Å². The number of aromatic nitrogens is 6. The summed E-state index contributed by atoms with van der Waals surface area (Å²) in [6.07, 6.45) is -0.859. The van der Waals surface area contributed by atoms with Crippen LogP contribution in [0.2, 0.25) is 0 Å². The summed E-state index contributed by atoms with van der Waals surface area (Å²) >= 11 is 7.35. The highest BCUT2D eigenvalue weighted by Crippen LogP contribution is 2.49. The van der Waals surface area contributed by atoms with Gasteiger partial charge in [0, 0.05) is 120 Å². The lowest BCUT2D eigenvalue weighted by molar-refractivity contribution is -0.287. The number of carboxylic acid groups (broad SMARTS) is 1. The molecule has 0 amide bonds. The molecule has 0 spiro atoms. The van der Waals surface area contributed by atoms with Gasteiger partial charge < -0.3 is 69.0 Å². The van der Waals surface area contributed by atoms with Gasteiger partial charge in [-0.15, -0.1) is 60.4 Å². The number of alkyl halides is 7. The molecule has 4 saturated heterocycles. The molecule has 3 aromatic carbocycles. The SMILES string of the molecule is C1CCOC1.CC1CC(Cc2nc(Nc3nccs3)ccc2F)(C(=O)O)CCN1Cc1cccc2c1OC(F)(F)O2.COC(=O)C1(Cc2nc(Nc3nccs3)ccc2F)CCN(Cc2cccc3c2OC(F)(F)O3)C(C)C1.COC(=O)C1(Cc2nc(Nc3nccs3)ccc2F)CCNC(C)C1.FC1(F)Oc2cccc(CBr)c2O1. The minimum Gasteiger partial charge on any atom is -0.481 e. The predicted octanol–water partition coefficient (Wildman–Crippen LogP) is 16.8. The van der Waals surface area contributed by atoms with Crippen molar-refractivity contribution in [2.45, 2.75) is 147 Å². The minimum atomic E-state index is -3.72. The molecule has 5 N–H and O–H groups in total. The summed E-state index contributed by atoms with van der Waals surface area (Å²) in [5.74, 6) is -1.80. The Morgan fingerprint density at radius 1 is 0.526 bits per heavy atom. The predicted molar refractivity (Wildman–Crippen MR) is 414 cm³/mol. The van der Waals surface area contributed by atoms with Crippen molar-refractivity contribution in [1.29, 1.82) is 0 Å². The monoisotopic (exact) mass is 1740 g/mol. The van der Waals surface area contributed by atoms with E-state index in [1.807, 2.05) is 36.4 Å². The van der Waals surface area contributed by atoms with E-state index in [0.717, 1.165) is 13.2 Å². The van der Waals surface area contributed by atoms with E-state index in [4.69, 9.17) is 18.9 Å². The number of methoxy groups -OCH3 is 2. The first-order chi connectivity index (χ1) is 55.5. The number of ether oxygens (including phenoxy) is 9. The number of piperidine rings is 3. The van der Waals surface area contributed by atoms with E-state index >= 15 is 0 Å². The van der Waals surface area contributed by atoms with Crippen molar-refractivity contribution in [2.75, 3.05) is 63.0 Å². The molecule has 620 valence electrons. The molecule has 16 rings (SSSR count). The van der Waals surface area contributed by atoms with Crippen LogP contribution in [0.3, 0.4) is 0 Å². The molecule has 7 aliphatic rings. The van der Waals surface area contributed by atoms with Crippen molar-refractivity contribution >= 4 is 101 Å². The number of aliphatic carboxylic acids is 1. The smallest absolute Gasteiger partial charge is 0.481 e. The van der Waals surface area contributed by atoms with Gasteiger partial charge in [0.05, 0.1) is 47.5 Å². The molecule has 7 aliphatic heterocycles. The van der Waals surface area contributed by atoms with Crippen LogP contribution in [0.4, 0.5) is 72.4 Å². The first kappa shape index (κ1) is 85.7. The molecular formula is C78H82BrF9N12O13S3. The van der Waals surface area contributed by atoms with Crippen LogP contribution < -0.4 is 49.7 Å². The number of likely N-dealkylation sites (tertiary alicyclic amines) is 2. The molecule has 38 heteroatoms. The third-order valence-corrected chi connectivity index (χ3v) is 23.1. The third kappa shape index (κ3) is 21.4. The standard InChI is InChI=1S/C25H25F3N4O4S.C24H23F3N4O4S.C17H21FN4O2S.C8H5BrF2O2.C4H8O/c1-15-12-24(22(33)34-2,13-18-17(26)6-7-20(30-18)31-23-29-9-11-37-23)8-10-32(15)14-16-4-3-5-19-21(16)36-25(27,28)35-19;1-14-11-23(21(32)33,12-17-16(25)5-6-19(29-17)30-22-28-8-10-36-22)7-9-31(14)13-15-3-2-4-18-20(15)35-24(26,27)34-18;1-11-9-17(5-6-19-11,15(23)24-2)10-13-12(18)3-4-14(21-13)22-16-20-7-8-25-16;9-4-5-2-1-3-6-7(5)13-8(10,11)12-6;1-2-4-5-3-1/h3-7,9,11,15H,8,10,12-14H2,1-2H3,(H,29,30,31);2-6,8,10,14H,7,9,11-13H2,1H3,(H,32,33)(H,28,29,30);3-4,7-8,11,19H,5-6,9-10H2,1-2H3,(H,20,21,22);1-3H,4H2;1-4H2. The van der Waals surface area contributed by atoms with Crippen LogP contribution in [0.15, 0.2) is 126 Å². The number of nitrogens with zero attached hydrogens (tertiary/aromatic N) is 8. The van der Waals surface area contributed by atoms with E-state index in [1.54, 1.807) is 66.4 Å². The normalized spacial score (nSPS) is 22.3. The number of thiazole rings is 3. The van der Waals surface area contributed by atoms with Crippen molar-refractivity contribution in [2.24, 2.45) is 16.2 Å². The first-order valence-corrected chi connectivity index (χ1v) is 40.6. The fourth-order valence-electron chi connectivity index (χ4n) is 14.8. The fraction of sp³-hybridized carbons (Fsp3) is 0.423. The Hall–Kier alpha value is -9.70. The zero-order valence-corrected chi connectivity index (χ0v) is 67.3. The fourth-order valence-corrected chi connectivity index (χ4v) is 16.8. The molecule has 0 saturated carbocycles. The number of fused-ring (bicyclic) bond motifs is 3. The number of carboxylic acids is 1. The molecule has 9 aromatic rings. The van der Waals surface area contributed by atoms with Gasteiger partial charge in [-0.25, -0.2) is 43.1 Å². The zero-order valence-electron chi connectivity index (χ0n) is 63.2. The van der Waals surface area contributed by atoms with Crippen molar-refractivity contribution in [3.63, 3.8) is 0 Å². The van der Waals surface area contributed by atoms with E-state index in [-0.39, 0.29) is 114 Å². The molecule has 0 aliphatic carbocycles. The molecule has 116 heavy (non-hydrogen) atoms. The van der Waals surface area contributed by atoms with Gasteiger partial charge in [-0.05, 0) is 146 Å². The van der Waals surface area contributed by atoms with Crippen molar-refractivity contribution in [3.05, 3.63) is 177 Å². The summed E-state index contributed by atoms with van der Waals surface area (Å²) in [7, 11) is 2.69. The van der Waals surface area contributed by atoms with E-state index < -0.39 is 64.5 Å². The van der Waals surface area contributed by atoms with Crippen LogP contribution in [-0.2, 0) is 66.3 Å². The molecule has 6 atom stereocenters. The molecule has 6 unspecified atom stereocenters. The minimum absolute atomic E-state index is 0.0103. The molecular weight excluding hydrogens is 1660 g/mol. The van der Waals surface area contributed by atoms with Gasteiger partial charge >= 0.3 is 36.8 Å². The molecule has 13 heterocycles. The van der Waals surface area contributed by atoms with Crippen LogP contribution in [0.5, 0.6) is 34.5 Å². The maximum absolute atomic E-state index is 14.8. The number of halogens is 10. The highest BCUT2D eigenvalue weighted by molar-refractivity contribution is 9.08. The topological polar surface area (TPSA) is 286 Å². The van der Waals surface area contributed by atoms with Gasteiger partial charge in [-0.3, -0.25) is 24.2 Å². The third-order valence-electron chi connectivity index (χ3n) is 20.4. The van der Waals surface area contributed by atoms with Gasteiger partial charge in [0.25, 0.3) is 0 Å². The Bertz CT molecular complexity index is 4860. The molecule has 0 bridgehead atoms. The number of rotatable bonds is 20. The van der Waals surface area contributed by atoms with E-state index in [9.17, 15) is 59.0 Å². The number of nitrogens with one attached hydrogen (secondary N) is 4. The summed E-state index contributed by atoms with van der Waals surface area (Å²) in [4.78, 5) is 67.6.